The molecule has 0 radical (unpaired) electrons. The van der Waals surface area contributed by atoms with Gasteiger partial charge in [0.2, 0.25) is 17.8 Å². The van der Waals surface area contributed by atoms with Gasteiger partial charge in [-0.3, -0.25) is 0 Å². The number of benzene rings is 2. The summed E-state index contributed by atoms with van der Waals surface area (Å²) in [6.45, 7) is 4.13. The molecule has 0 aliphatic rings. The Morgan fingerprint density at radius 3 is 1.80 bits per heavy atom. The molecule has 2 aromatic carbocycles. The maximum atomic E-state index is 4.47. The number of hydrogen-bond donors (Lipinski definition) is 3. The van der Waals surface area contributed by atoms with Crippen molar-refractivity contribution in [2.45, 2.75) is 13.8 Å². The second-order valence-corrected chi connectivity index (χ2v) is 6.94. The molecule has 0 fully saturated rings. The molecule has 1 aromatic heterocycles. The fourth-order valence-electron chi connectivity index (χ4n) is 2.44. The summed E-state index contributed by atoms with van der Waals surface area (Å²) in [7, 11) is 1.78. The summed E-state index contributed by atoms with van der Waals surface area (Å²) in [5, 5.41) is 9.43. The summed E-state index contributed by atoms with van der Waals surface area (Å²) >= 11 is 2.27. The van der Waals surface area contributed by atoms with Gasteiger partial charge in [-0.2, -0.15) is 15.0 Å². The SMILES string of the molecule is CNc1nc(Nc2ccc(I)cc2)nc(Nc2cc(C)cc(C)c2)n1. The largest absolute Gasteiger partial charge is 0.357 e. The van der Waals surface area contributed by atoms with Gasteiger partial charge in [-0.1, -0.05) is 6.07 Å². The zero-order valence-electron chi connectivity index (χ0n) is 14.3. The van der Waals surface area contributed by atoms with Crippen LogP contribution in [0.1, 0.15) is 11.1 Å². The van der Waals surface area contributed by atoms with Crippen LogP contribution in [0.15, 0.2) is 42.5 Å². The molecule has 0 aliphatic heterocycles. The van der Waals surface area contributed by atoms with E-state index in [0.29, 0.717) is 17.8 Å². The van der Waals surface area contributed by atoms with E-state index in [1.54, 1.807) is 7.05 Å². The standard InChI is InChI=1S/C18H19IN6/c1-11-8-12(2)10-15(9-11)22-18-24-16(20-3)23-17(25-18)21-14-6-4-13(19)5-7-14/h4-10H,1-3H3,(H3,20,21,22,23,24,25). The minimum absolute atomic E-state index is 0.479. The van der Waals surface area contributed by atoms with Gasteiger partial charge in [0.25, 0.3) is 0 Å². The smallest absolute Gasteiger partial charge is 0.233 e. The van der Waals surface area contributed by atoms with E-state index in [1.165, 1.54) is 14.7 Å². The van der Waals surface area contributed by atoms with Gasteiger partial charge < -0.3 is 16.0 Å². The fourth-order valence-corrected chi connectivity index (χ4v) is 2.80. The van der Waals surface area contributed by atoms with E-state index in [4.69, 9.17) is 0 Å². The van der Waals surface area contributed by atoms with Crippen LogP contribution in [-0.2, 0) is 0 Å². The minimum atomic E-state index is 0.479. The van der Waals surface area contributed by atoms with Crippen LogP contribution in [0.4, 0.5) is 29.2 Å². The van der Waals surface area contributed by atoms with E-state index in [-0.39, 0.29) is 0 Å². The summed E-state index contributed by atoms with van der Waals surface area (Å²) in [5.74, 6) is 1.46. The zero-order valence-corrected chi connectivity index (χ0v) is 16.4. The van der Waals surface area contributed by atoms with Crippen molar-refractivity contribution in [3.8, 4) is 0 Å². The molecule has 3 N–H and O–H groups in total. The van der Waals surface area contributed by atoms with Gasteiger partial charge in [0.1, 0.15) is 0 Å². The topological polar surface area (TPSA) is 74.8 Å². The Morgan fingerprint density at radius 1 is 0.720 bits per heavy atom. The summed E-state index contributed by atoms with van der Waals surface area (Å²) in [6.07, 6.45) is 0. The molecule has 25 heavy (non-hydrogen) atoms. The number of nitrogens with one attached hydrogen (secondary N) is 3. The predicted octanol–water partition coefficient (Wildman–Crippen LogP) is 4.62. The van der Waals surface area contributed by atoms with E-state index in [0.717, 1.165) is 11.4 Å². The maximum absolute atomic E-state index is 4.47. The Bertz CT molecular complexity index is 859. The van der Waals surface area contributed by atoms with Crippen molar-refractivity contribution in [2.75, 3.05) is 23.0 Å². The number of nitrogens with zero attached hydrogens (tertiary/aromatic N) is 3. The van der Waals surface area contributed by atoms with Crippen LogP contribution >= 0.6 is 22.6 Å². The molecular weight excluding hydrogens is 427 g/mol. The number of rotatable bonds is 5. The van der Waals surface area contributed by atoms with Gasteiger partial charge in [-0.15, -0.1) is 0 Å². The van der Waals surface area contributed by atoms with Gasteiger partial charge in [0.15, 0.2) is 0 Å². The first-order valence-corrected chi connectivity index (χ1v) is 8.91. The highest BCUT2D eigenvalue weighted by atomic mass is 127. The molecule has 0 unspecified atom stereocenters. The van der Waals surface area contributed by atoms with Crippen LogP contribution in [0.3, 0.4) is 0 Å². The maximum Gasteiger partial charge on any atom is 0.233 e. The zero-order chi connectivity index (χ0) is 17.8. The lowest BCUT2D eigenvalue weighted by atomic mass is 10.1. The normalized spacial score (nSPS) is 10.4. The molecule has 128 valence electrons. The minimum Gasteiger partial charge on any atom is -0.357 e. The third kappa shape index (κ3) is 4.79. The Kier molecular flexibility index (Phi) is 5.32. The molecule has 1 heterocycles. The van der Waals surface area contributed by atoms with E-state index >= 15 is 0 Å². The summed E-state index contributed by atoms with van der Waals surface area (Å²) < 4.78 is 1.17. The first-order chi connectivity index (χ1) is 12.0. The van der Waals surface area contributed by atoms with Crippen molar-refractivity contribution in [3.05, 3.63) is 57.2 Å². The number of aryl methyl sites for hydroxylation is 2. The number of hydrogen-bond acceptors (Lipinski definition) is 6. The number of anilines is 5. The molecule has 0 saturated heterocycles. The highest BCUT2D eigenvalue weighted by Gasteiger charge is 2.07. The number of aromatic nitrogens is 3. The van der Waals surface area contributed by atoms with Crippen LogP contribution < -0.4 is 16.0 Å². The monoisotopic (exact) mass is 446 g/mol. The summed E-state index contributed by atoms with van der Waals surface area (Å²) in [6, 6.07) is 14.3. The Balaban J connectivity index is 1.87. The molecule has 0 aliphatic carbocycles. The van der Waals surface area contributed by atoms with E-state index in [9.17, 15) is 0 Å². The lowest BCUT2D eigenvalue weighted by Gasteiger charge is -2.11. The highest BCUT2D eigenvalue weighted by molar-refractivity contribution is 14.1. The van der Waals surface area contributed by atoms with Crippen LogP contribution in [0.2, 0.25) is 0 Å². The summed E-state index contributed by atoms with van der Waals surface area (Å²) in [5.41, 5.74) is 4.24. The predicted molar refractivity (Wildman–Crippen MR) is 111 cm³/mol. The Morgan fingerprint density at radius 2 is 1.24 bits per heavy atom. The van der Waals surface area contributed by atoms with Crippen LogP contribution in [-0.4, -0.2) is 22.0 Å². The highest BCUT2D eigenvalue weighted by Crippen LogP contribution is 2.21. The van der Waals surface area contributed by atoms with Crippen molar-refractivity contribution in [2.24, 2.45) is 0 Å². The lowest BCUT2D eigenvalue weighted by molar-refractivity contribution is 1.06. The van der Waals surface area contributed by atoms with Gasteiger partial charge in [-0.05, 0) is 84.0 Å². The second kappa shape index (κ2) is 7.64. The first-order valence-electron chi connectivity index (χ1n) is 7.83. The number of halogens is 1. The van der Waals surface area contributed by atoms with Gasteiger partial charge in [0, 0.05) is 22.0 Å². The summed E-state index contributed by atoms with van der Waals surface area (Å²) in [4.78, 5) is 13.2. The fraction of sp³-hybridized carbons (Fsp3) is 0.167. The van der Waals surface area contributed by atoms with Crippen molar-refractivity contribution in [1.82, 2.24) is 15.0 Å². The van der Waals surface area contributed by atoms with E-state index < -0.39 is 0 Å². The third-order valence-corrected chi connectivity index (χ3v) is 4.16. The average Bonchev–Trinajstić information content (AvgIpc) is 2.56. The third-order valence-electron chi connectivity index (χ3n) is 3.44. The molecule has 3 aromatic rings. The van der Waals surface area contributed by atoms with E-state index in [1.807, 2.05) is 24.3 Å². The molecule has 0 atom stereocenters. The molecular formula is C18H19IN6. The second-order valence-electron chi connectivity index (χ2n) is 5.69. The molecule has 3 rings (SSSR count). The average molecular weight is 446 g/mol. The molecule has 7 heteroatoms. The Labute approximate surface area is 160 Å². The van der Waals surface area contributed by atoms with Crippen molar-refractivity contribution in [1.29, 1.82) is 0 Å². The van der Waals surface area contributed by atoms with Crippen LogP contribution in [0, 0.1) is 17.4 Å². The van der Waals surface area contributed by atoms with Crippen molar-refractivity contribution in [3.63, 3.8) is 0 Å². The van der Waals surface area contributed by atoms with Crippen LogP contribution in [0.5, 0.6) is 0 Å². The van der Waals surface area contributed by atoms with Gasteiger partial charge in [0.05, 0.1) is 0 Å². The molecule has 0 amide bonds. The molecule has 0 saturated carbocycles. The quantitative estimate of drug-likeness (QED) is 0.497. The Hall–Kier alpha value is -2.42. The van der Waals surface area contributed by atoms with E-state index in [2.05, 4.69) is 85.5 Å². The van der Waals surface area contributed by atoms with Crippen molar-refractivity contribution < 1.29 is 0 Å². The lowest BCUT2D eigenvalue weighted by Crippen LogP contribution is -2.07. The molecule has 0 bridgehead atoms. The molecule has 0 spiro atoms. The molecule has 6 nitrogen and oxygen atoms in total. The van der Waals surface area contributed by atoms with Gasteiger partial charge in [-0.25, -0.2) is 0 Å². The first kappa shape index (κ1) is 17.4. The van der Waals surface area contributed by atoms with Gasteiger partial charge >= 0.3 is 0 Å². The van der Waals surface area contributed by atoms with Crippen molar-refractivity contribution >= 4 is 51.8 Å². The van der Waals surface area contributed by atoms with Crippen LogP contribution in [0.25, 0.3) is 0 Å².